The molecule has 0 radical (unpaired) electrons. The van der Waals surface area contributed by atoms with Gasteiger partial charge in [0.05, 0.1) is 6.42 Å². The van der Waals surface area contributed by atoms with Gasteiger partial charge in [-0.1, -0.05) is 0 Å². The van der Waals surface area contributed by atoms with Gasteiger partial charge in [0, 0.05) is 12.1 Å². The molecule has 1 aromatic heterocycles. The van der Waals surface area contributed by atoms with Gasteiger partial charge in [-0.25, -0.2) is 0 Å². The zero-order valence-corrected chi connectivity index (χ0v) is 9.17. The van der Waals surface area contributed by atoms with Crippen molar-refractivity contribution in [3.8, 4) is 0 Å². The Morgan fingerprint density at radius 3 is 2.86 bits per heavy atom. The molecule has 2 atom stereocenters. The van der Waals surface area contributed by atoms with Gasteiger partial charge in [0.15, 0.2) is 0 Å². The van der Waals surface area contributed by atoms with E-state index in [-0.39, 0.29) is 18.5 Å². The third-order valence-corrected chi connectivity index (χ3v) is 2.76. The highest BCUT2D eigenvalue weighted by Crippen LogP contribution is 2.16. The molecule has 0 saturated heterocycles. The first-order valence-electron chi connectivity index (χ1n) is 4.59. The minimum absolute atomic E-state index is 0.00222. The monoisotopic (exact) mass is 213 g/mol. The molecule has 4 heteroatoms. The van der Waals surface area contributed by atoms with Crippen LogP contribution in [0.5, 0.6) is 0 Å². The van der Waals surface area contributed by atoms with Crippen molar-refractivity contribution in [2.45, 2.75) is 32.4 Å². The molecule has 1 rings (SSSR count). The average Bonchev–Trinajstić information content (AvgIpc) is 2.53. The second kappa shape index (κ2) is 5.12. The first kappa shape index (κ1) is 11.2. The number of carboxylic acids is 1. The number of carbonyl (C=O) groups is 1. The highest BCUT2D eigenvalue weighted by Gasteiger charge is 2.11. The van der Waals surface area contributed by atoms with Gasteiger partial charge in [-0.2, -0.15) is 11.3 Å². The number of nitrogens with one attached hydrogen (secondary N) is 1. The highest BCUT2D eigenvalue weighted by atomic mass is 32.1. The minimum atomic E-state index is -0.762. The van der Waals surface area contributed by atoms with Crippen LogP contribution in [0.3, 0.4) is 0 Å². The third-order valence-electron chi connectivity index (χ3n) is 2.06. The molecule has 0 saturated carbocycles. The van der Waals surface area contributed by atoms with Crippen LogP contribution in [0.1, 0.15) is 31.9 Å². The van der Waals surface area contributed by atoms with Gasteiger partial charge < -0.3 is 10.4 Å². The fourth-order valence-corrected chi connectivity index (χ4v) is 2.12. The van der Waals surface area contributed by atoms with E-state index in [1.807, 2.05) is 19.2 Å². The summed E-state index contributed by atoms with van der Waals surface area (Å²) in [5, 5.41) is 15.9. The van der Waals surface area contributed by atoms with Crippen molar-refractivity contribution in [1.29, 1.82) is 0 Å². The summed E-state index contributed by atoms with van der Waals surface area (Å²) in [7, 11) is 0. The van der Waals surface area contributed by atoms with Crippen molar-refractivity contribution in [1.82, 2.24) is 5.32 Å². The molecule has 14 heavy (non-hydrogen) atoms. The number of aliphatic carboxylic acids is 1. The highest BCUT2D eigenvalue weighted by molar-refractivity contribution is 7.07. The molecule has 0 spiro atoms. The Bertz CT molecular complexity index is 284. The molecule has 0 bridgehead atoms. The van der Waals surface area contributed by atoms with E-state index in [0.29, 0.717) is 0 Å². The van der Waals surface area contributed by atoms with Crippen LogP contribution in [0.15, 0.2) is 16.8 Å². The number of hydrogen-bond donors (Lipinski definition) is 2. The van der Waals surface area contributed by atoms with Crippen molar-refractivity contribution in [3.63, 3.8) is 0 Å². The quantitative estimate of drug-likeness (QED) is 0.788. The van der Waals surface area contributed by atoms with Crippen molar-refractivity contribution < 1.29 is 9.90 Å². The molecule has 1 heterocycles. The van der Waals surface area contributed by atoms with Crippen LogP contribution >= 0.6 is 11.3 Å². The molecule has 0 aliphatic carbocycles. The maximum atomic E-state index is 10.4. The first-order valence-corrected chi connectivity index (χ1v) is 5.54. The van der Waals surface area contributed by atoms with Crippen LogP contribution in [0, 0.1) is 0 Å². The number of hydrogen-bond acceptors (Lipinski definition) is 3. The Balaban J connectivity index is 2.41. The number of rotatable bonds is 5. The van der Waals surface area contributed by atoms with Crippen LogP contribution in [-0.2, 0) is 4.79 Å². The van der Waals surface area contributed by atoms with Gasteiger partial charge in [-0.3, -0.25) is 4.79 Å². The first-order chi connectivity index (χ1) is 6.59. The summed E-state index contributed by atoms with van der Waals surface area (Å²) in [6.45, 7) is 3.93. The predicted octanol–water partition coefficient (Wildman–Crippen LogP) is 2.26. The second-order valence-corrected chi connectivity index (χ2v) is 4.22. The van der Waals surface area contributed by atoms with Gasteiger partial charge in [-0.05, 0) is 36.2 Å². The van der Waals surface area contributed by atoms with Gasteiger partial charge in [0.2, 0.25) is 0 Å². The van der Waals surface area contributed by atoms with E-state index in [1.54, 1.807) is 11.3 Å². The SMILES string of the molecule is CC(CC(=O)O)NC(C)c1ccsc1. The molecular formula is C10H15NO2S. The van der Waals surface area contributed by atoms with Crippen molar-refractivity contribution in [2.75, 3.05) is 0 Å². The molecule has 0 fully saturated rings. The fraction of sp³-hybridized carbons (Fsp3) is 0.500. The summed E-state index contributed by atoms with van der Waals surface area (Å²) in [6, 6.07) is 2.27. The predicted molar refractivity (Wildman–Crippen MR) is 57.6 cm³/mol. The van der Waals surface area contributed by atoms with Crippen molar-refractivity contribution in [3.05, 3.63) is 22.4 Å². The summed E-state index contributed by atoms with van der Waals surface area (Å²) >= 11 is 1.65. The molecule has 2 N–H and O–H groups in total. The molecule has 78 valence electrons. The minimum Gasteiger partial charge on any atom is -0.481 e. The van der Waals surface area contributed by atoms with Crippen molar-refractivity contribution >= 4 is 17.3 Å². The normalized spacial score (nSPS) is 15.0. The molecule has 3 nitrogen and oxygen atoms in total. The summed E-state index contributed by atoms with van der Waals surface area (Å²) in [4.78, 5) is 10.4. The molecule has 0 aliphatic heterocycles. The van der Waals surface area contributed by atoms with E-state index in [1.165, 1.54) is 5.56 Å². The number of carboxylic acid groups (broad SMARTS) is 1. The Morgan fingerprint density at radius 2 is 2.36 bits per heavy atom. The van der Waals surface area contributed by atoms with Gasteiger partial charge in [0.1, 0.15) is 0 Å². The molecular weight excluding hydrogens is 198 g/mol. The zero-order chi connectivity index (χ0) is 10.6. The maximum absolute atomic E-state index is 10.4. The van der Waals surface area contributed by atoms with E-state index < -0.39 is 5.97 Å². The van der Waals surface area contributed by atoms with Gasteiger partial charge in [-0.15, -0.1) is 0 Å². The van der Waals surface area contributed by atoms with Crippen LogP contribution in [-0.4, -0.2) is 17.1 Å². The van der Waals surface area contributed by atoms with Crippen molar-refractivity contribution in [2.24, 2.45) is 0 Å². The second-order valence-electron chi connectivity index (χ2n) is 3.44. The lowest BCUT2D eigenvalue weighted by Gasteiger charge is -2.17. The molecule has 0 amide bonds. The summed E-state index contributed by atoms with van der Waals surface area (Å²) in [6.07, 6.45) is 0.161. The van der Waals surface area contributed by atoms with Crippen LogP contribution in [0.25, 0.3) is 0 Å². The van der Waals surface area contributed by atoms with Gasteiger partial charge in [0.25, 0.3) is 0 Å². The number of thiophene rings is 1. The van der Waals surface area contributed by atoms with E-state index in [9.17, 15) is 4.79 Å². The van der Waals surface area contributed by atoms with Crippen LogP contribution < -0.4 is 5.32 Å². The molecule has 2 unspecified atom stereocenters. The topological polar surface area (TPSA) is 49.3 Å². The molecule has 0 aromatic carbocycles. The summed E-state index contributed by atoms with van der Waals surface area (Å²) in [5.74, 6) is -0.762. The van der Waals surface area contributed by atoms with E-state index in [4.69, 9.17) is 5.11 Å². The Labute approximate surface area is 87.8 Å². The third kappa shape index (κ3) is 3.47. The van der Waals surface area contributed by atoms with E-state index in [0.717, 1.165) is 0 Å². The van der Waals surface area contributed by atoms with Crippen LogP contribution in [0.2, 0.25) is 0 Å². The molecule has 0 aliphatic rings. The lowest BCUT2D eigenvalue weighted by Crippen LogP contribution is -2.30. The maximum Gasteiger partial charge on any atom is 0.304 e. The van der Waals surface area contributed by atoms with E-state index in [2.05, 4.69) is 16.8 Å². The smallest absolute Gasteiger partial charge is 0.304 e. The Kier molecular flexibility index (Phi) is 4.10. The largest absolute Gasteiger partial charge is 0.481 e. The Hall–Kier alpha value is -0.870. The average molecular weight is 213 g/mol. The van der Waals surface area contributed by atoms with Gasteiger partial charge >= 0.3 is 5.97 Å². The lowest BCUT2D eigenvalue weighted by molar-refractivity contribution is -0.137. The Morgan fingerprint density at radius 1 is 1.64 bits per heavy atom. The lowest BCUT2D eigenvalue weighted by atomic mass is 10.1. The zero-order valence-electron chi connectivity index (χ0n) is 8.36. The fourth-order valence-electron chi connectivity index (χ4n) is 1.37. The van der Waals surface area contributed by atoms with E-state index >= 15 is 0 Å². The van der Waals surface area contributed by atoms with Crippen LogP contribution in [0.4, 0.5) is 0 Å². The summed E-state index contributed by atoms with van der Waals surface area (Å²) < 4.78 is 0. The molecule has 1 aromatic rings. The standard InChI is InChI=1S/C10H15NO2S/c1-7(5-10(12)13)11-8(2)9-3-4-14-6-9/h3-4,6-8,11H,5H2,1-2H3,(H,12,13). The summed E-state index contributed by atoms with van der Waals surface area (Å²) in [5.41, 5.74) is 1.22.